The Balaban J connectivity index is 1.68. The third-order valence-corrected chi connectivity index (χ3v) is 4.69. The maximum Gasteiger partial charge on any atom is 0.251 e. The fraction of sp³-hybridized carbons (Fsp3) is 0.500. The molecule has 0 aliphatic carbocycles. The predicted octanol–water partition coefficient (Wildman–Crippen LogP) is 2.28. The van der Waals surface area contributed by atoms with Gasteiger partial charge in [-0.25, -0.2) is 0 Å². The van der Waals surface area contributed by atoms with Crippen molar-refractivity contribution in [2.75, 3.05) is 23.4 Å². The van der Waals surface area contributed by atoms with E-state index < -0.39 is 0 Å². The number of benzene rings is 1. The Kier molecular flexibility index (Phi) is 3.46. The molecule has 2 heterocycles. The van der Waals surface area contributed by atoms with E-state index in [9.17, 15) is 4.79 Å². The van der Waals surface area contributed by atoms with Gasteiger partial charge in [-0.1, -0.05) is 6.07 Å². The molecule has 0 aromatic heterocycles. The second-order valence-electron chi connectivity index (χ2n) is 4.91. The fourth-order valence-corrected chi connectivity index (χ4v) is 3.65. The summed E-state index contributed by atoms with van der Waals surface area (Å²) in [6, 6.07) is 6.36. The molecule has 3 rings (SSSR count). The minimum atomic E-state index is 0.0726. The zero-order valence-electron chi connectivity index (χ0n) is 10.4. The number of fused-ring (bicyclic) bond motifs is 1. The van der Waals surface area contributed by atoms with Crippen LogP contribution in [0.3, 0.4) is 0 Å². The number of nitrogens with one attached hydrogen (secondary N) is 2. The van der Waals surface area contributed by atoms with E-state index in [1.165, 1.54) is 5.56 Å². The summed E-state index contributed by atoms with van der Waals surface area (Å²) in [6.07, 6.45) is 3.26. The Hall–Kier alpha value is -1.16. The van der Waals surface area contributed by atoms with Gasteiger partial charge in [0.1, 0.15) is 0 Å². The summed E-state index contributed by atoms with van der Waals surface area (Å²) in [4.78, 5) is 12.2. The molecule has 0 unspecified atom stereocenters. The molecule has 96 valence electrons. The highest BCUT2D eigenvalue weighted by atomic mass is 32.2. The van der Waals surface area contributed by atoms with Gasteiger partial charge in [0.2, 0.25) is 0 Å². The maximum atomic E-state index is 12.2. The summed E-state index contributed by atoms with van der Waals surface area (Å²) >= 11 is 1.98. The van der Waals surface area contributed by atoms with Crippen molar-refractivity contribution in [3.05, 3.63) is 29.3 Å². The zero-order valence-corrected chi connectivity index (χ0v) is 11.2. The highest BCUT2D eigenvalue weighted by Crippen LogP contribution is 2.23. The zero-order chi connectivity index (χ0) is 12.4. The van der Waals surface area contributed by atoms with Gasteiger partial charge in [-0.3, -0.25) is 4.79 Å². The number of carbonyl (C=O) groups is 1. The lowest BCUT2D eigenvalue weighted by Crippen LogP contribution is -2.37. The Morgan fingerprint density at radius 3 is 3.00 bits per heavy atom. The lowest BCUT2D eigenvalue weighted by atomic mass is 10.1. The highest BCUT2D eigenvalue weighted by molar-refractivity contribution is 7.99. The first-order valence-corrected chi connectivity index (χ1v) is 7.74. The summed E-state index contributed by atoms with van der Waals surface area (Å²) in [5, 5.41) is 6.46. The van der Waals surface area contributed by atoms with E-state index in [0.29, 0.717) is 6.04 Å². The molecule has 2 aliphatic rings. The largest absolute Gasteiger partial charge is 0.384 e. The number of hydrogen-bond acceptors (Lipinski definition) is 3. The number of amides is 1. The minimum Gasteiger partial charge on any atom is -0.384 e. The molecule has 0 saturated carbocycles. The first kappa shape index (κ1) is 11.9. The van der Waals surface area contributed by atoms with Gasteiger partial charge in [0.25, 0.3) is 5.91 Å². The lowest BCUT2D eigenvalue weighted by Gasteiger charge is -2.22. The van der Waals surface area contributed by atoms with Gasteiger partial charge in [-0.05, 0) is 48.5 Å². The monoisotopic (exact) mass is 262 g/mol. The average Bonchev–Trinajstić information content (AvgIpc) is 2.87. The topological polar surface area (TPSA) is 41.1 Å². The smallest absolute Gasteiger partial charge is 0.251 e. The van der Waals surface area contributed by atoms with Crippen LogP contribution >= 0.6 is 11.8 Å². The van der Waals surface area contributed by atoms with Crippen LogP contribution in [0.25, 0.3) is 0 Å². The SMILES string of the molecule is O=C(NC1CCSCC1)c1ccc2c(c1)NCC2. The van der Waals surface area contributed by atoms with Crippen LogP contribution in [0.2, 0.25) is 0 Å². The van der Waals surface area contributed by atoms with E-state index in [4.69, 9.17) is 0 Å². The first-order chi connectivity index (χ1) is 8.83. The van der Waals surface area contributed by atoms with Gasteiger partial charge >= 0.3 is 0 Å². The van der Waals surface area contributed by atoms with E-state index in [2.05, 4.69) is 16.7 Å². The van der Waals surface area contributed by atoms with Crippen LogP contribution in [0.5, 0.6) is 0 Å². The van der Waals surface area contributed by atoms with Crippen molar-refractivity contribution in [3.8, 4) is 0 Å². The second kappa shape index (κ2) is 5.22. The van der Waals surface area contributed by atoms with Crippen molar-refractivity contribution in [2.45, 2.75) is 25.3 Å². The van der Waals surface area contributed by atoms with Crippen LogP contribution in [-0.2, 0) is 6.42 Å². The highest BCUT2D eigenvalue weighted by Gasteiger charge is 2.18. The minimum absolute atomic E-state index is 0.0726. The number of anilines is 1. The van der Waals surface area contributed by atoms with Crippen LogP contribution in [0, 0.1) is 0 Å². The molecule has 0 spiro atoms. The van der Waals surface area contributed by atoms with E-state index in [-0.39, 0.29) is 5.91 Å². The van der Waals surface area contributed by atoms with Crippen molar-refractivity contribution < 1.29 is 4.79 Å². The molecule has 1 fully saturated rings. The molecule has 4 heteroatoms. The van der Waals surface area contributed by atoms with Crippen LogP contribution in [0.4, 0.5) is 5.69 Å². The van der Waals surface area contributed by atoms with Gasteiger partial charge < -0.3 is 10.6 Å². The van der Waals surface area contributed by atoms with Crippen molar-refractivity contribution in [1.82, 2.24) is 5.32 Å². The predicted molar refractivity (Wildman–Crippen MR) is 76.4 cm³/mol. The molecular formula is C14H18N2OS. The van der Waals surface area contributed by atoms with Gasteiger partial charge in [-0.2, -0.15) is 11.8 Å². The molecule has 2 N–H and O–H groups in total. The van der Waals surface area contributed by atoms with Crippen molar-refractivity contribution >= 4 is 23.4 Å². The Bertz CT molecular complexity index is 455. The maximum absolute atomic E-state index is 12.2. The summed E-state index contributed by atoms with van der Waals surface area (Å²) in [6.45, 7) is 0.986. The third kappa shape index (κ3) is 2.48. The quantitative estimate of drug-likeness (QED) is 0.859. The van der Waals surface area contributed by atoms with E-state index in [1.807, 2.05) is 23.9 Å². The number of carbonyl (C=O) groups excluding carboxylic acids is 1. The van der Waals surface area contributed by atoms with E-state index >= 15 is 0 Å². The molecule has 1 aromatic carbocycles. The Labute approximate surface area is 112 Å². The molecule has 1 saturated heterocycles. The van der Waals surface area contributed by atoms with Crippen molar-refractivity contribution in [1.29, 1.82) is 0 Å². The molecule has 2 aliphatic heterocycles. The fourth-order valence-electron chi connectivity index (χ4n) is 2.54. The molecular weight excluding hydrogens is 244 g/mol. The first-order valence-electron chi connectivity index (χ1n) is 6.58. The molecule has 18 heavy (non-hydrogen) atoms. The summed E-state index contributed by atoms with van der Waals surface area (Å²) in [5.41, 5.74) is 3.23. The van der Waals surface area contributed by atoms with Crippen molar-refractivity contribution in [3.63, 3.8) is 0 Å². The Morgan fingerprint density at radius 2 is 2.17 bits per heavy atom. The second-order valence-corrected chi connectivity index (χ2v) is 6.13. The normalized spacial score (nSPS) is 19.1. The van der Waals surface area contributed by atoms with Gasteiger partial charge in [0.15, 0.2) is 0 Å². The number of hydrogen-bond donors (Lipinski definition) is 2. The molecule has 1 aromatic rings. The number of rotatable bonds is 2. The standard InChI is InChI=1S/C14H18N2OS/c17-14(16-12-4-7-18-8-5-12)11-2-1-10-3-6-15-13(10)9-11/h1-2,9,12,15H,3-8H2,(H,16,17). The molecule has 0 bridgehead atoms. The summed E-state index contributed by atoms with van der Waals surface area (Å²) in [5.74, 6) is 2.40. The van der Waals surface area contributed by atoms with Crippen LogP contribution < -0.4 is 10.6 Å². The van der Waals surface area contributed by atoms with E-state index in [0.717, 1.165) is 48.6 Å². The van der Waals surface area contributed by atoms with Crippen LogP contribution in [-0.4, -0.2) is 30.0 Å². The third-order valence-electron chi connectivity index (χ3n) is 3.64. The Morgan fingerprint density at radius 1 is 1.33 bits per heavy atom. The van der Waals surface area contributed by atoms with Crippen molar-refractivity contribution in [2.24, 2.45) is 0 Å². The van der Waals surface area contributed by atoms with Crippen LogP contribution in [0.15, 0.2) is 18.2 Å². The van der Waals surface area contributed by atoms with Crippen LogP contribution in [0.1, 0.15) is 28.8 Å². The van der Waals surface area contributed by atoms with Gasteiger partial charge in [0, 0.05) is 23.8 Å². The lowest BCUT2D eigenvalue weighted by molar-refractivity contribution is 0.0935. The molecule has 0 atom stereocenters. The van der Waals surface area contributed by atoms with Gasteiger partial charge in [-0.15, -0.1) is 0 Å². The molecule has 1 amide bonds. The molecule has 3 nitrogen and oxygen atoms in total. The van der Waals surface area contributed by atoms with E-state index in [1.54, 1.807) is 0 Å². The number of thioether (sulfide) groups is 1. The van der Waals surface area contributed by atoms with Gasteiger partial charge in [0.05, 0.1) is 0 Å². The average molecular weight is 262 g/mol. The molecule has 0 radical (unpaired) electrons. The summed E-state index contributed by atoms with van der Waals surface area (Å²) < 4.78 is 0. The summed E-state index contributed by atoms with van der Waals surface area (Å²) in [7, 11) is 0.